The SMILES string of the molecule is NC1C2CCCC1CC(C(=O)Nc1ccccc1OCC1CCCCO1)C2. The molecule has 2 bridgehead atoms. The summed E-state index contributed by atoms with van der Waals surface area (Å²) in [7, 11) is 0. The van der Waals surface area contributed by atoms with Gasteiger partial charge in [0.05, 0.1) is 11.8 Å². The van der Waals surface area contributed by atoms with Gasteiger partial charge >= 0.3 is 0 Å². The van der Waals surface area contributed by atoms with Crippen molar-refractivity contribution in [2.45, 2.75) is 63.5 Å². The van der Waals surface area contributed by atoms with E-state index in [9.17, 15) is 4.79 Å². The first kappa shape index (κ1) is 18.8. The fraction of sp³-hybridized carbons (Fsp3) is 0.682. The summed E-state index contributed by atoms with van der Waals surface area (Å²) in [5.41, 5.74) is 7.13. The van der Waals surface area contributed by atoms with E-state index in [2.05, 4.69) is 5.32 Å². The Balaban J connectivity index is 1.36. The van der Waals surface area contributed by atoms with E-state index < -0.39 is 0 Å². The number of ether oxygens (including phenoxy) is 2. The van der Waals surface area contributed by atoms with Crippen LogP contribution in [0.25, 0.3) is 0 Å². The van der Waals surface area contributed by atoms with Gasteiger partial charge in [0.1, 0.15) is 12.4 Å². The van der Waals surface area contributed by atoms with Crippen LogP contribution in [0, 0.1) is 17.8 Å². The normalized spacial score (nSPS) is 33.3. The molecule has 1 amide bonds. The van der Waals surface area contributed by atoms with Gasteiger partial charge in [-0.05, 0) is 68.9 Å². The molecule has 0 spiro atoms. The molecule has 1 aromatic carbocycles. The molecule has 0 radical (unpaired) electrons. The Morgan fingerprint density at radius 1 is 1.11 bits per heavy atom. The number of carbonyl (C=O) groups excluding carboxylic acids is 1. The second-order valence-corrected chi connectivity index (χ2v) is 8.48. The Labute approximate surface area is 162 Å². The van der Waals surface area contributed by atoms with E-state index in [-0.39, 0.29) is 24.0 Å². The van der Waals surface area contributed by atoms with Crippen LogP contribution in [-0.2, 0) is 9.53 Å². The maximum atomic E-state index is 12.9. The van der Waals surface area contributed by atoms with Gasteiger partial charge in [-0.2, -0.15) is 0 Å². The number of amides is 1. The van der Waals surface area contributed by atoms with Crippen molar-refractivity contribution < 1.29 is 14.3 Å². The predicted octanol–water partition coefficient (Wildman–Crippen LogP) is 3.73. The summed E-state index contributed by atoms with van der Waals surface area (Å²) >= 11 is 0. The highest BCUT2D eigenvalue weighted by Crippen LogP contribution is 2.42. The van der Waals surface area contributed by atoms with Crippen LogP contribution in [0.5, 0.6) is 5.75 Å². The first-order valence-electron chi connectivity index (χ1n) is 10.6. The van der Waals surface area contributed by atoms with Crippen LogP contribution in [-0.4, -0.2) is 31.3 Å². The third-order valence-electron chi connectivity index (χ3n) is 6.63. The van der Waals surface area contributed by atoms with Gasteiger partial charge in [-0.1, -0.05) is 18.6 Å². The molecule has 1 saturated heterocycles. The number of rotatable bonds is 5. The fourth-order valence-electron chi connectivity index (χ4n) is 5.06. The predicted molar refractivity (Wildman–Crippen MR) is 106 cm³/mol. The number of benzene rings is 1. The lowest BCUT2D eigenvalue weighted by Gasteiger charge is -2.43. The third kappa shape index (κ3) is 4.46. The minimum Gasteiger partial charge on any atom is -0.489 e. The second-order valence-electron chi connectivity index (χ2n) is 8.48. The largest absolute Gasteiger partial charge is 0.489 e. The van der Waals surface area contributed by atoms with E-state index in [1.54, 1.807) is 0 Å². The number of para-hydroxylation sites is 2. The first-order chi connectivity index (χ1) is 13.2. The van der Waals surface area contributed by atoms with Crippen LogP contribution in [0.4, 0.5) is 5.69 Å². The molecule has 3 unspecified atom stereocenters. The zero-order valence-electron chi connectivity index (χ0n) is 16.1. The summed E-state index contributed by atoms with van der Waals surface area (Å²) in [5, 5.41) is 3.13. The van der Waals surface area contributed by atoms with Gasteiger partial charge in [-0.25, -0.2) is 0 Å². The molecule has 3 fully saturated rings. The lowest BCUT2D eigenvalue weighted by molar-refractivity contribution is -0.122. The number of hydrogen-bond acceptors (Lipinski definition) is 4. The first-order valence-corrected chi connectivity index (χ1v) is 10.6. The summed E-state index contributed by atoms with van der Waals surface area (Å²) < 4.78 is 11.7. The minimum atomic E-state index is 0.0647. The van der Waals surface area contributed by atoms with Crippen LogP contribution in [0.3, 0.4) is 0 Å². The molecule has 1 aromatic rings. The molecule has 2 saturated carbocycles. The summed E-state index contributed by atoms with van der Waals surface area (Å²) in [6, 6.07) is 8.00. The van der Waals surface area contributed by atoms with Gasteiger partial charge < -0.3 is 20.5 Å². The van der Waals surface area contributed by atoms with Gasteiger partial charge in [0.25, 0.3) is 0 Å². The van der Waals surface area contributed by atoms with Crippen molar-refractivity contribution in [3.63, 3.8) is 0 Å². The summed E-state index contributed by atoms with van der Waals surface area (Å²) in [6.45, 7) is 1.36. The fourth-order valence-corrected chi connectivity index (χ4v) is 5.06. The highest BCUT2D eigenvalue weighted by molar-refractivity contribution is 5.94. The van der Waals surface area contributed by atoms with E-state index in [4.69, 9.17) is 15.2 Å². The Kier molecular flexibility index (Phi) is 5.98. The van der Waals surface area contributed by atoms with Crippen molar-refractivity contribution in [1.82, 2.24) is 0 Å². The van der Waals surface area contributed by atoms with Crippen molar-refractivity contribution in [1.29, 1.82) is 0 Å². The minimum absolute atomic E-state index is 0.0647. The molecular weight excluding hydrogens is 340 g/mol. The number of anilines is 1. The molecule has 3 N–H and O–H groups in total. The van der Waals surface area contributed by atoms with Crippen molar-refractivity contribution >= 4 is 11.6 Å². The molecule has 5 nitrogen and oxygen atoms in total. The zero-order valence-corrected chi connectivity index (χ0v) is 16.1. The van der Waals surface area contributed by atoms with Crippen molar-refractivity contribution in [3.05, 3.63) is 24.3 Å². The Morgan fingerprint density at radius 2 is 1.89 bits per heavy atom. The number of hydrogen-bond donors (Lipinski definition) is 2. The molecule has 148 valence electrons. The van der Waals surface area contributed by atoms with Crippen LogP contribution >= 0.6 is 0 Å². The highest BCUT2D eigenvalue weighted by atomic mass is 16.5. The molecule has 1 heterocycles. The van der Waals surface area contributed by atoms with E-state index in [0.29, 0.717) is 18.4 Å². The third-order valence-corrected chi connectivity index (χ3v) is 6.63. The van der Waals surface area contributed by atoms with E-state index in [1.807, 2.05) is 24.3 Å². The Bertz CT molecular complexity index is 630. The molecule has 0 aromatic heterocycles. The highest BCUT2D eigenvalue weighted by Gasteiger charge is 2.40. The lowest BCUT2D eigenvalue weighted by Crippen LogP contribution is -2.48. The average Bonchev–Trinajstić information content (AvgIpc) is 2.68. The maximum Gasteiger partial charge on any atom is 0.227 e. The van der Waals surface area contributed by atoms with Crippen LogP contribution in [0.15, 0.2) is 24.3 Å². The van der Waals surface area contributed by atoms with Gasteiger partial charge in [0, 0.05) is 18.6 Å². The average molecular weight is 373 g/mol. The van der Waals surface area contributed by atoms with Crippen molar-refractivity contribution in [2.24, 2.45) is 23.5 Å². The molecule has 2 aliphatic carbocycles. The summed E-state index contributed by atoms with van der Waals surface area (Å²) in [6.07, 6.45) is 8.96. The van der Waals surface area contributed by atoms with Crippen molar-refractivity contribution in [3.8, 4) is 5.75 Å². The molecule has 1 aliphatic heterocycles. The number of fused-ring (bicyclic) bond motifs is 2. The van der Waals surface area contributed by atoms with E-state index >= 15 is 0 Å². The number of nitrogens with one attached hydrogen (secondary N) is 1. The van der Waals surface area contributed by atoms with Crippen LogP contribution < -0.4 is 15.8 Å². The van der Waals surface area contributed by atoms with E-state index in [0.717, 1.165) is 43.7 Å². The van der Waals surface area contributed by atoms with Gasteiger partial charge in [-0.15, -0.1) is 0 Å². The number of nitrogens with two attached hydrogens (primary N) is 1. The van der Waals surface area contributed by atoms with E-state index in [1.165, 1.54) is 25.7 Å². The van der Waals surface area contributed by atoms with Crippen molar-refractivity contribution in [2.75, 3.05) is 18.5 Å². The summed E-state index contributed by atoms with van der Waals surface area (Å²) in [4.78, 5) is 12.9. The standard InChI is InChI=1S/C22H32N2O3/c23-21-15-6-5-7-16(21)13-17(12-15)22(25)24-19-9-1-2-10-20(19)27-14-18-8-3-4-11-26-18/h1-2,9-10,15-18,21H,3-8,11-14,23H2,(H,24,25). The van der Waals surface area contributed by atoms with Gasteiger partial charge in [-0.3, -0.25) is 4.79 Å². The zero-order chi connectivity index (χ0) is 18.6. The molecule has 3 atom stereocenters. The second kappa shape index (κ2) is 8.61. The number of carbonyl (C=O) groups is 1. The van der Waals surface area contributed by atoms with Crippen LogP contribution in [0.1, 0.15) is 51.4 Å². The molecule has 27 heavy (non-hydrogen) atoms. The molecule has 4 rings (SSSR count). The molecule has 3 aliphatic rings. The Hall–Kier alpha value is -1.59. The quantitative estimate of drug-likeness (QED) is 0.826. The molecular formula is C22H32N2O3. The topological polar surface area (TPSA) is 73.6 Å². The lowest BCUT2D eigenvalue weighted by atomic mass is 9.65. The van der Waals surface area contributed by atoms with Crippen LogP contribution in [0.2, 0.25) is 0 Å². The van der Waals surface area contributed by atoms with Gasteiger partial charge in [0.15, 0.2) is 0 Å². The van der Waals surface area contributed by atoms with Gasteiger partial charge in [0.2, 0.25) is 5.91 Å². The smallest absolute Gasteiger partial charge is 0.227 e. The monoisotopic (exact) mass is 372 g/mol. The molecule has 5 heteroatoms. The Morgan fingerprint density at radius 3 is 2.63 bits per heavy atom. The maximum absolute atomic E-state index is 12.9. The summed E-state index contributed by atoms with van der Waals surface area (Å²) in [5.74, 6) is 1.91.